The maximum absolute atomic E-state index is 12.4. The van der Waals surface area contributed by atoms with Gasteiger partial charge in [0, 0.05) is 17.9 Å². The molecule has 2 N–H and O–H groups in total. The van der Waals surface area contributed by atoms with Crippen LogP contribution in [0.3, 0.4) is 0 Å². The summed E-state index contributed by atoms with van der Waals surface area (Å²) in [7, 11) is 0. The highest BCUT2D eigenvalue weighted by molar-refractivity contribution is 6.06. The van der Waals surface area contributed by atoms with Crippen molar-refractivity contribution in [3.63, 3.8) is 0 Å². The number of guanidine groups is 1. The predicted octanol–water partition coefficient (Wildman–Crippen LogP) is 2.07. The Hall–Kier alpha value is -3.10. The van der Waals surface area contributed by atoms with Gasteiger partial charge in [0.25, 0.3) is 0 Å². The number of carbonyl (C=O) groups excluding carboxylic acids is 2. The van der Waals surface area contributed by atoms with Crippen molar-refractivity contribution in [2.75, 3.05) is 29.9 Å². The Kier molecular flexibility index (Phi) is 5.26. The minimum Gasteiger partial charge on any atom is -0.481 e. The number of nitrogens with one attached hydrogen (secondary N) is 1. The summed E-state index contributed by atoms with van der Waals surface area (Å²) < 4.78 is 5.41. The molecular formula is C19H24N4O5. The number of aliphatic carboxylic acids is 1. The average molecular weight is 388 g/mol. The molecule has 0 saturated carbocycles. The topological polar surface area (TPSA) is 112 Å². The van der Waals surface area contributed by atoms with Crippen LogP contribution in [-0.4, -0.2) is 59.2 Å². The number of hydrogen-bond acceptors (Lipinski definition) is 6. The molecule has 2 heterocycles. The van der Waals surface area contributed by atoms with Crippen LogP contribution in [0.5, 0.6) is 0 Å². The molecule has 0 saturated heterocycles. The van der Waals surface area contributed by atoms with Gasteiger partial charge in [0.1, 0.15) is 12.0 Å². The van der Waals surface area contributed by atoms with E-state index < -0.39 is 30.0 Å². The van der Waals surface area contributed by atoms with Crippen LogP contribution in [0.4, 0.5) is 16.2 Å². The Morgan fingerprint density at radius 1 is 1.21 bits per heavy atom. The van der Waals surface area contributed by atoms with Crippen molar-refractivity contribution < 1.29 is 24.2 Å². The minimum atomic E-state index is -1.15. The van der Waals surface area contributed by atoms with Crippen LogP contribution in [0.2, 0.25) is 0 Å². The van der Waals surface area contributed by atoms with Crippen molar-refractivity contribution >= 4 is 35.3 Å². The van der Waals surface area contributed by atoms with Crippen molar-refractivity contribution in [2.24, 2.45) is 4.99 Å². The van der Waals surface area contributed by atoms with E-state index in [-0.39, 0.29) is 0 Å². The number of amides is 2. The number of nitrogens with zero attached hydrogens (tertiary/aromatic N) is 3. The van der Waals surface area contributed by atoms with E-state index in [9.17, 15) is 14.4 Å². The molecule has 0 spiro atoms. The van der Waals surface area contributed by atoms with Gasteiger partial charge in [0.2, 0.25) is 11.9 Å². The molecule has 1 aromatic carbocycles. The molecule has 0 radical (unpaired) electrons. The Balaban J connectivity index is 1.74. The smallest absolute Gasteiger partial charge is 0.417 e. The van der Waals surface area contributed by atoms with Gasteiger partial charge in [-0.3, -0.25) is 14.6 Å². The zero-order valence-corrected chi connectivity index (χ0v) is 16.2. The average Bonchev–Trinajstić information content (AvgIpc) is 3.19. The monoisotopic (exact) mass is 388 g/mol. The lowest BCUT2D eigenvalue weighted by atomic mass is 10.1. The third-order valence-corrected chi connectivity index (χ3v) is 4.30. The molecule has 0 unspecified atom stereocenters. The van der Waals surface area contributed by atoms with Gasteiger partial charge in [0.05, 0.1) is 13.1 Å². The molecule has 150 valence electrons. The molecule has 9 heteroatoms. The number of benzene rings is 1. The van der Waals surface area contributed by atoms with Crippen LogP contribution >= 0.6 is 0 Å². The first kappa shape index (κ1) is 19.7. The third-order valence-electron chi connectivity index (χ3n) is 4.30. The fourth-order valence-electron chi connectivity index (χ4n) is 3.12. The van der Waals surface area contributed by atoms with Gasteiger partial charge in [-0.1, -0.05) is 6.07 Å². The van der Waals surface area contributed by atoms with Crippen LogP contribution in [0.15, 0.2) is 23.2 Å². The number of hydrogen-bond donors (Lipinski definition) is 2. The Morgan fingerprint density at radius 2 is 1.96 bits per heavy atom. The van der Waals surface area contributed by atoms with Gasteiger partial charge in [-0.2, -0.15) is 0 Å². The van der Waals surface area contributed by atoms with Crippen LogP contribution in [0, 0.1) is 0 Å². The Bertz CT molecular complexity index is 843. The van der Waals surface area contributed by atoms with Crippen molar-refractivity contribution in [1.29, 1.82) is 0 Å². The van der Waals surface area contributed by atoms with Gasteiger partial charge < -0.3 is 20.1 Å². The van der Waals surface area contributed by atoms with Crippen molar-refractivity contribution in [3.8, 4) is 0 Å². The molecule has 9 nitrogen and oxygen atoms in total. The van der Waals surface area contributed by atoms with Gasteiger partial charge >= 0.3 is 12.1 Å². The predicted molar refractivity (Wildman–Crippen MR) is 104 cm³/mol. The van der Waals surface area contributed by atoms with E-state index in [4.69, 9.17) is 9.84 Å². The highest BCUT2D eigenvalue weighted by Gasteiger charge is 2.30. The summed E-state index contributed by atoms with van der Waals surface area (Å²) >= 11 is 0. The van der Waals surface area contributed by atoms with E-state index in [2.05, 4.69) is 10.3 Å². The van der Waals surface area contributed by atoms with Gasteiger partial charge in [-0.15, -0.1) is 0 Å². The number of carboxylic acids is 1. The zero-order chi connectivity index (χ0) is 20.5. The lowest BCUT2D eigenvalue weighted by molar-refractivity contribution is -0.140. The molecule has 0 atom stereocenters. The molecule has 28 heavy (non-hydrogen) atoms. The summed E-state index contributed by atoms with van der Waals surface area (Å²) in [5.74, 6) is -1.21. The number of rotatable bonds is 3. The largest absolute Gasteiger partial charge is 0.481 e. The second-order valence-electron chi connectivity index (χ2n) is 7.67. The maximum Gasteiger partial charge on any atom is 0.417 e. The van der Waals surface area contributed by atoms with E-state index in [0.29, 0.717) is 43.4 Å². The van der Waals surface area contributed by atoms with Crippen LogP contribution < -0.4 is 10.2 Å². The quantitative estimate of drug-likeness (QED) is 0.767. The fourth-order valence-corrected chi connectivity index (χ4v) is 3.12. The number of fused-ring (bicyclic) bond motifs is 1. The highest BCUT2D eigenvalue weighted by Crippen LogP contribution is 2.31. The standard InChI is InChI=1S/C19H24N4O5/c1-19(2,3)28-18(27)23-9-7-20-17(23)21-13-5-4-12-6-8-22(14(12)10-13)15(24)11-16(25)26/h4-5,10H,6-9,11H2,1-3H3,(H,20,21)(H,25,26). The summed E-state index contributed by atoms with van der Waals surface area (Å²) in [5.41, 5.74) is 1.70. The van der Waals surface area contributed by atoms with Crippen molar-refractivity contribution in [3.05, 3.63) is 23.8 Å². The third kappa shape index (κ3) is 4.41. The van der Waals surface area contributed by atoms with Gasteiger partial charge in [-0.25, -0.2) is 9.69 Å². The molecule has 0 bridgehead atoms. The first-order chi connectivity index (χ1) is 13.1. The molecule has 2 aliphatic heterocycles. The van der Waals surface area contributed by atoms with E-state index >= 15 is 0 Å². The molecule has 3 rings (SSSR count). The van der Waals surface area contributed by atoms with Gasteiger partial charge in [0.15, 0.2) is 0 Å². The molecule has 0 fully saturated rings. The van der Waals surface area contributed by atoms with E-state index in [0.717, 1.165) is 5.56 Å². The normalized spacial score (nSPS) is 15.9. The second-order valence-corrected chi connectivity index (χ2v) is 7.67. The number of ether oxygens (including phenoxy) is 1. The van der Waals surface area contributed by atoms with E-state index in [1.807, 2.05) is 12.1 Å². The van der Waals surface area contributed by atoms with Gasteiger partial charge in [-0.05, 0) is 44.9 Å². The lowest BCUT2D eigenvalue weighted by Gasteiger charge is -2.25. The van der Waals surface area contributed by atoms with Crippen LogP contribution in [0.1, 0.15) is 32.8 Å². The molecule has 2 aliphatic rings. The molecule has 0 aliphatic carbocycles. The SMILES string of the molecule is CC(C)(C)OC(=O)N1CCN=C1Nc1ccc2c(c1)N(C(=O)CC(=O)O)CC2. The summed E-state index contributed by atoms with van der Waals surface area (Å²) in [6.45, 7) is 6.74. The van der Waals surface area contributed by atoms with Crippen LogP contribution in [0.25, 0.3) is 0 Å². The first-order valence-electron chi connectivity index (χ1n) is 9.11. The summed E-state index contributed by atoms with van der Waals surface area (Å²) in [6, 6.07) is 5.51. The number of carboxylic acid groups (broad SMARTS) is 1. The minimum absolute atomic E-state index is 0.385. The molecule has 0 aromatic heterocycles. The zero-order valence-electron chi connectivity index (χ0n) is 16.2. The van der Waals surface area contributed by atoms with E-state index in [1.54, 1.807) is 26.8 Å². The van der Waals surface area contributed by atoms with Crippen LogP contribution in [-0.2, 0) is 20.7 Å². The number of anilines is 2. The second kappa shape index (κ2) is 7.49. The number of carbonyl (C=O) groups is 3. The summed E-state index contributed by atoms with van der Waals surface area (Å²) in [6.07, 6.45) is -0.349. The maximum atomic E-state index is 12.4. The number of aliphatic imine (C=N–C) groups is 1. The molecular weight excluding hydrogens is 364 g/mol. The Labute approximate surface area is 163 Å². The summed E-state index contributed by atoms with van der Waals surface area (Å²) in [4.78, 5) is 42.6. The molecule has 2 amide bonds. The van der Waals surface area contributed by atoms with Crippen molar-refractivity contribution in [2.45, 2.75) is 39.2 Å². The lowest BCUT2D eigenvalue weighted by Crippen LogP contribution is -2.41. The fraction of sp³-hybridized carbons (Fsp3) is 0.474. The first-order valence-corrected chi connectivity index (χ1v) is 9.11. The highest BCUT2D eigenvalue weighted by atomic mass is 16.6. The Morgan fingerprint density at radius 3 is 2.64 bits per heavy atom. The molecule has 1 aromatic rings. The summed E-state index contributed by atoms with van der Waals surface area (Å²) in [5, 5.41) is 12.0. The van der Waals surface area contributed by atoms with Crippen molar-refractivity contribution in [1.82, 2.24) is 4.90 Å². The van der Waals surface area contributed by atoms with E-state index in [1.165, 1.54) is 9.80 Å².